The van der Waals surface area contributed by atoms with Gasteiger partial charge in [0, 0.05) is 24.2 Å². The van der Waals surface area contributed by atoms with E-state index in [9.17, 15) is 9.59 Å². The molecule has 3 aromatic heterocycles. The molecule has 0 amide bonds. The molecule has 0 saturated carbocycles. The SMILES string of the molecule is COc1ccc(-c2nn(-c3ccccc3)cc2C=c2sc3nc(-c4cc5ccccc5cc4OC(C)=O)nn3c2=O)cc1Br. The number of hydrogen-bond acceptors (Lipinski definition) is 8. The average molecular weight is 665 g/mol. The van der Waals surface area contributed by atoms with Crippen LogP contribution in [0.2, 0.25) is 0 Å². The molecule has 216 valence electrons. The zero-order valence-electron chi connectivity index (χ0n) is 23.4. The summed E-state index contributed by atoms with van der Waals surface area (Å²) in [6.45, 7) is 1.34. The molecule has 0 aliphatic heterocycles. The van der Waals surface area contributed by atoms with Crippen LogP contribution in [0.1, 0.15) is 12.5 Å². The Morgan fingerprint density at radius 2 is 1.68 bits per heavy atom. The van der Waals surface area contributed by atoms with Crippen LogP contribution in [0.25, 0.3) is 50.1 Å². The Labute approximate surface area is 262 Å². The summed E-state index contributed by atoms with van der Waals surface area (Å²) in [7, 11) is 1.61. The van der Waals surface area contributed by atoms with Crippen molar-refractivity contribution in [3.05, 3.63) is 116 Å². The molecule has 0 radical (unpaired) electrons. The summed E-state index contributed by atoms with van der Waals surface area (Å²) in [6.07, 6.45) is 3.70. The molecule has 0 spiro atoms. The Bertz CT molecular complexity index is 2330. The van der Waals surface area contributed by atoms with E-state index >= 15 is 0 Å². The highest BCUT2D eigenvalue weighted by atomic mass is 79.9. The van der Waals surface area contributed by atoms with Gasteiger partial charge in [-0.05, 0) is 75.2 Å². The lowest BCUT2D eigenvalue weighted by Gasteiger charge is -2.08. The minimum atomic E-state index is -0.459. The molecule has 0 bridgehead atoms. The zero-order valence-corrected chi connectivity index (χ0v) is 25.8. The van der Waals surface area contributed by atoms with Gasteiger partial charge in [0.25, 0.3) is 5.56 Å². The van der Waals surface area contributed by atoms with Gasteiger partial charge in [-0.2, -0.15) is 14.6 Å². The van der Waals surface area contributed by atoms with Gasteiger partial charge in [0.15, 0.2) is 5.82 Å². The molecule has 7 aromatic rings. The molecule has 9 nitrogen and oxygen atoms in total. The van der Waals surface area contributed by atoms with E-state index in [1.54, 1.807) is 17.9 Å². The number of rotatable bonds is 6. The van der Waals surface area contributed by atoms with Crippen molar-refractivity contribution in [3.8, 4) is 39.8 Å². The smallest absolute Gasteiger partial charge is 0.308 e. The summed E-state index contributed by atoms with van der Waals surface area (Å²) >= 11 is 4.79. The number of carbonyl (C=O) groups is 1. The van der Waals surface area contributed by atoms with Crippen LogP contribution in [0.3, 0.4) is 0 Å². The standard InChI is InChI=1S/C33H22BrN5O4S/c1-19(40)43-28-16-21-9-7-6-8-20(21)14-25(28)31-35-33-39(37-31)32(41)29(44-33)17-23-18-38(24-10-4-3-5-11-24)36-30(23)22-12-13-27(42-2)26(34)15-22/h3-18H,1-2H3. The quantitative estimate of drug-likeness (QED) is 0.157. The number of benzene rings is 4. The van der Waals surface area contributed by atoms with Crippen LogP contribution in [-0.4, -0.2) is 37.5 Å². The van der Waals surface area contributed by atoms with E-state index in [1.165, 1.54) is 22.8 Å². The summed E-state index contributed by atoms with van der Waals surface area (Å²) in [5, 5.41) is 11.2. The Morgan fingerprint density at radius 1 is 0.932 bits per heavy atom. The van der Waals surface area contributed by atoms with E-state index in [0.29, 0.717) is 38.1 Å². The molecule has 4 aromatic carbocycles. The van der Waals surface area contributed by atoms with Gasteiger partial charge in [-0.1, -0.05) is 53.8 Å². The molecular weight excluding hydrogens is 642 g/mol. The first-order valence-corrected chi connectivity index (χ1v) is 15.1. The van der Waals surface area contributed by atoms with Crippen molar-refractivity contribution >= 4 is 55.0 Å². The number of nitrogens with zero attached hydrogens (tertiary/aromatic N) is 5. The molecule has 0 atom stereocenters. The monoisotopic (exact) mass is 663 g/mol. The van der Waals surface area contributed by atoms with Crippen molar-refractivity contribution < 1.29 is 14.3 Å². The van der Waals surface area contributed by atoms with E-state index < -0.39 is 5.97 Å². The first-order valence-electron chi connectivity index (χ1n) is 13.5. The molecule has 7 rings (SSSR count). The van der Waals surface area contributed by atoms with Crippen molar-refractivity contribution in [2.75, 3.05) is 7.11 Å². The molecule has 11 heteroatoms. The summed E-state index contributed by atoms with van der Waals surface area (Å²) in [4.78, 5) is 30.6. The van der Waals surface area contributed by atoms with E-state index in [-0.39, 0.29) is 5.56 Å². The fraction of sp³-hybridized carbons (Fsp3) is 0.0606. The maximum Gasteiger partial charge on any atom is 0.308 e. The molecule has 0 fully saturated rings. The van der Waals surface area contributed by atoms with Crippen LogP contribution in [0.5, 0.6) is 11.5 Å². The molecular formula is C33H22BrN5O4S. The number of ether oxygens (including phenoxy) is 2. The summed E-state index contributed by atoms with van der Waals surface area (Å²) in [5.74, 6) is 0.868. The summed E-state index contributed by atoms with van der Waals surface area (Å²) in [5.41, 5.74) is 3.39. The second kappa shape index (κ2) is 11.2. The normalized spacial score (nSPS) is 11.8. The Morgan fingerprint density at radius 3 is 2.39 bits per heavy atom. The van der Waals surface area contributed by atoms with Crippen LogP contribution in [-0.2, 0) is 4.79 Å². The number of carbonyl (C=O) groups excluding carboxylic acids is 1. The van der Waals surface area contributed by atoms with Gasteiger partial charge in [-0.25, -0.2) is 4.68 Å². The number of methoxy groups -OCH3 is 1. The minimum absolute atomic E-state index is 0.294. The molecule has 0 saturated heterocycles. The molecule has 0 aliphatic carbocycles. The number of fused-ring (bicyclic) bond motifs is 2. The number of thiazole rings is 1. The van der Waals surface area contributed by atoms with Gasteiger partial charge in [-0.15, -0.1) is 5.10 Å². The highest BCUT2D eigenvalue weighted by Crippen LogP contribution is 2.34. The van der Waals surface area contributed by atoms with Crippen molar-refractivity contribution in [1.82, 2.24) is 24.4 Å². The van der Waals surface area contributed by atoms with Gasteiger partial charge >= 0.3 is 5.97 Å². The fourth-order valence-corrected chi connectivity index (χ4v) is 6.41. The Hall–Kier alpha value is -5.13. The highest BCUT2D eigenvalue weighted by Gasteiger charge is 2.19. The van der Waals surface area contributed by atoms with Crippen molar-refractivity contribution in [2.45, 2.75) is 6.92 Å². The average Bonchev–Trinajstić information content (AvgIpc) is 3.72. The maximum atomic E-state index is 13.6. The van der Waals surface area contributed by atoms with Crippen LogP contribution < -0.4 is 19.6 Å². The third-order valence-corrected chi connectivity index (χ3v) is 8.58. The number of esters is 1. The van der Waals surface area contributed by atoms with Gasteiger partial charge in [-0.3, -0.25) is 9.59 Å². The molecule has 44 heavy (non-hydrogen) atoms. The maximum absolute atomic E-state index is 13.6. The van der Waals surface area contributed by atoms with E-state index in [1.807, 2.05) is 91.1 Å². The Balaban J connectivity index is 1.36. The highest BCUT2D eigenvalue weighted by molar-refractivity contribution is 9.10. The lowest BCUT2D eigenvalue weighted by Crippen LogP contribution is -2.23. The molecule has 0 aliphatic rings. The number of halogens is 1. The molecule has 0 N–H and O–H groups in total. The van der Waals surface area contributed by atoms with Gasteiger partial charge in [0.05, 0.1) is 27.4 Å². The predicted octanol–water partition coefficient (Wildman–Crippen LogP) is 6.07. The van der Waals surface area contributed by atoms with Crippen molar-refractivity contribution in [3.63, 3.8) is 0 Å². The molecule has 0 unspecified atom stereocenters. The van der Waals surface area contributed by atoms with Gasteiger partial charge < -0.3 is 9.47 Å². The largest absolute Gasteiger partial charge is 0.496 e. The topological polar surface area (TPSA) is 101 Å². The third-order valence-electron chi connectivity index (χ3n) is 7.00. The number of hydrogen-bond donors (Lipinski definition) is 0. The van der Waals surface area contributed by atoms with Gasteiger partial charge in [0.2, 0.25) is 4.96 Å². The van der Waals surface area contributed by atoms with Crippen LogP contribution in [0.4, 0.5) is 0 Å². The predicted molar refractivity (Wildman–Crippen MR) is 173 cm³/mol. The number of aromatic nitrogens is 5. The van der Waals surface area contributed by atoms with E-state index in [4.69, 9.17) is 14.6 Å². The zero-order chi connectivity index (χ0) is 30.4. The second-order valence-corrected chi connectivity index (χ2v) is 11.8. The van der Waals surface area contributed by atoms with Crippen LogP contribution >= 0.6 is 27.3 Å². The van der Waals surface area contributed by atoms with E-state index in [0.717, 1.165) is 32.1 Å². The summed E-state index contributed by atoms with van der Waals surface area (Å²) < 4.78 is 15.2. The van der Waals surface area contributed by atoms with Crippen LogP contribution in [0, 0.1) is 0 Å². The molecule has 3 heterocycles. The van der Waals surface area contributed by atoms with Crippen LogP contribution in [0.15, 0.2) is 100 Å². The number of para-hydroxylation sites is 1. The second-order valence-electron chi connectivity index (χ2n) is 9.90. The lowest BCUT2D eigenvalue weighted by molar-refractivity contribution is -0.131. The lowest BCUT2D eigenvalue weighted by atomic mass is 10.1. The van der Waals surface area contributed by atoms with E-state index in [2.05, 4.69) is 26.0 Å². The first-order chi connectivity index (χ1) is 21.4. The minimum Gasteiger partial charge on any atom is -0.496 e. The fourth-order valence-electron chi connectivity index (χ4n) is 4.97. The van der Waals surface area contributed by atoms with Crippen molar-refractivity contribution in [1.29, 1.82) is 0 Å². The summed E-state index contributed by atoms with van der Waals surface area (Å²) in [6, 6.07) is 26.9. The Kier molecular flexibility index (Phi) is 7.03. The van der Waals surface area contributed by atoms with Crippen molar-refractivity contribution in [2.24, 2.45) is 0 Å². The first kappa shape index (κ1) is 27.7. The van der Waals surface area contributed by atoms with Gasteiger partial charge in [0.1, 0.15) is 17.2 Å². The third kappa shape index (κ3) is 5.06.